The third-order valence-electron chi connectivity index (χ3n) is 9.86. The van der Waals surface area contributed by atoms with E-state index in [0.29, 0.717) is 86.6 Å². The van der Waals surface area contributed by atoms with Gasteiger partial charge in [0, 0.05) is 43.9 Å². The Kier molecular flexibility index (Phi) is 25.5. The maximum atomic E-state index is 11.7. The molecule has 0 saturated carbocycles. The number of hydrogen-bond acceptors (Lipinski definition) is 12. The molecule has 0 spiro atoms. The average Bonchev–Trinajstić information content (AvgIpc) is 3.27. The molecule has 0 amide bonds. The van der Waals surface area contributed by atoms with Crippen molar-refractivity contribution in [1.82, 2.24) is 0 Å². The summed E-state index contributed by atoms with van der Waals surface area (Å²) in [6, 6.07) is 20.7. The standard InChI is InChI=1S/C14H20O3.C13H18O3.C12H16O3.C11H14O3/c1-4-5-12(15)10(2)8-11-6-7-13(16)14(9-11)17-3;1-4-11(14)9(2)7-10-5-6-12(15)13(8-10)16-3;1-3-10(13)6-4-9-5-7-11(14)12(8-9)15-2;1-8(12)3-4-9-5-6-10(13)11(7-9)14-2/h6-7,9-10,16H,4-5,8H2,1-3H3;5-6,8-9,15H,4,7H2,1-3H3;5,7-8,14H,3-4,6H2,1-2H3;5-7,13H,3-4H2,1-2H3. The molecule has 4 aromatic carbocycles. The van der Waals surface area contributed by atoms with Gasteiger partial charge in [-0.05, 0) is 110 Å². The van der Waals surface area contributed by atoms with Crippen molar-refractivity contribution < 1.29 is 58.6 Å². The highest BCUT2D eigenvalue weighted by Crippen LogP contribution is 2.30. The molecule has 0 saturated heterocycles. The minimum absolute atomic E-state index is 0.0132. The van der Waals surface area contributed by atoms with Gasteiger partial charge in [0.1, 0.15) is 23.1 Å². The molecule has 340 valence electrons. The molecular formula is C50H68O12. The lowest BCUT2D eigenvalue weighted by atomic mass is 9.94. The van der Waals surface area contributed by atoms with Crippen LogP contribution in [0.3, 0.4) is 0 Å². The molecule has 4 aromatic rings. The summed E-state index contributed by atoms with van der Waals surface area (Å²) in [5.74, 6) is 3.31. The highest BCUT2D eigenvalue weighted by molar-refractivity contribution is 5.81. The number of phenolic OH excluding ortho intramolecular Hbond substituents is 4. The summed E-state index contributed by atoms with van der Waals surface area (Å²) in [7, 11) is 6.05. The maximum absolute atomic E-state index is 11.7. The quantitative estimate of drug-likeness (QED) is 0.0660. The van der Waals surface area contributed by atoms with Gasteiger partial charge in [-0.15, -0.1) is 0 Å². The number of aromatic hydroxyl groups is 4. The number of rotatable bonds is 20. The molecule has 0 bridgehead atoms. The van der Waals surface area contributed by atoms with E-state index in [0.717, 1.165) is 28.7 Å². The van der Waals surface area contributed by atoms with Gasteiger partial charge in [-0.2, -0.15) is 0 Å². The van der Waals surface area contributed by atoms with Gasteiger partial charge in [-0.3, -0.25) is 14.4 Å². The molecule has 62 heavy (non-hydrogen) atoms. The fourth-order valence-corrected chi connectivity index (χ4v) is 6.01. The number of Topliss-reactive ketones (excluding diaryl/α,β-unsaturated/α-hetero) is 4. The number of phenols is 4. The number of ether oxygens (including phenoxy) is 4. The molecule has 4 rings (SSSR count). The number of methoxy groups -OCH3 is 4. The molecule has 2 unspecified atom stereocenters. The van der Waals surface area contributed by atoms with E-state index in [-0.39, 0.29) is 52.2 Å². The molecule has 0 fully saturated rings. The van der Waals surface area contributed by atoms with Crippen LogP contribution in [0.15, 0.2) is 72.8 Å². The van der Waals surface area contributed by atoms with Gasteiger partial charge in [0.05, 0.1) is 28.4 Å². The number of ketones is 4. The van der Waals surface area contributed by atoms with Gasteiger partial charge in [0.15, 0.2) is 46.0 Å². The predicted octanol–water partition coefficient (Wildman–Crippen LogP) is 9.74. The van der Waals surface area contributed by atoms with Crippen LogP contribution in [0.2, 0.25) is 0 Å². The number of benzene rings is 4. The fraction of sp³-hybridized carbons (Fsp3) is 0.440. The second-order valence-electron chi connectivity index (χ2n) is 14.9. The molecule has 0 aliphatic rings. The minimum Gasteiger partial charge on any atom is -0.504 e. The molecule has 4 N–H and O–H groups in total. The van der Waals surface area contributed by atoms with Crippen LogP contribution < -0.4 is 18.9 Å². The predicted molar refractivity (Wildman–Crippen MR) is 242 cm³/mol. The summed E-state index contributed by atoms with van der Waals surface area (Å²) in [5.41, 5.74) is 4.02. The molecule has 0 radical (unpaired) electrons. The van der Waals surface area contributed by atoms with Gasteiger partial charge in [0.2, 0.25) is 0 Å². The zero-order valence-corrected chi connectivity index (χ0v) is 38.2. The second-order valence-corrected chi connectivity index (χ2v) is 14.9. The van der Waals surface area contributed by atoms with Crippen LogP contribution in [0.4, 0.5) is 0 Å². The van der Waals surface area contributed by atoms with Crippen LogP contribution in [0.5, 0.6) is 46.0 Å². The molecular weight excluding hydrogens is 793 g/mol. The zero-order chi connectivity index (χ0) is 46.8. The van der Waals surface area contributed by atoms with E-state index in [9.17, 15) is 39.6 Å². The summed E-state index contributed by atoms with van der Waals surface area (Å²) in [6.45, 7) is 11.2. The van der Waals surface area contributed by atoms with Crippen molar-refractivity contribution in [2.45, 2.75) is 106 Å². The molecule has 2 atom stereocenters. The Hall–Kier alpha value is -6.04. The highest BCUT2D eigenvalue weighted by atomic mass is 16.5. The van der Waals surface area contributed by atoms with Crippen LogP contribution in [0, 0.1) is 11.8 Å². The molecule has 0 aromatic heterocycles. The van der Waals surface area contributed by atoms with Crippen LogP contribution >= 0.6 is 0 Å². The van der Waals surface area contributed by atoms with E-state index < -0.39 is 0 Å². The van der Waals surface area contributed by atoms with E-state index in [4.69, 9.17) is 18.9 Å². The van der Waals surface area contributed by atoms with Crippen molar-refractivity contribution in [3.8, 4) is 46.0 Å². The first-order valence-corrected chi connectivity index (χ1v) is 21.0. The van der Waals surface area contributed by atoms with E-state index in [1.54, 1.807) is 67.6 Å². The fourth-order valence-electron chi connectivity index (χ4n) is 6.01. The van der Waals surface area contributed by atoms with Gasteiger partial charge in [-0.1, -0.05) is 58.9 Å². The highest BCUT2D eigenvalue weighted by Gasteiger charge is 2.15. The molecule has 0 heterocycles. The summed E-state index contributed by atoms with van der Waals surface area (Å²) in [5, 5.41) is 37.6. The molecule has 12 nitrogen and oxygen atoms in total. The van der Waals surface area contributed by atoms with Crippen LogP contribution in [0.25, 0.3) is 0 Å². The third kappa shape index (κ3) is 20.0. The summed E-state index contributed by atoms with van der Waals surface area (Å²) < 4.78 is 20.0. The Morgan fingerprint density at radius 2 is 0.823 bits per heavy atom. The summed E-state index contributed by atoms with van der Waals surface area (Å²) in [4.78, 5) is 45.0. The smallest absolute Gasteiger partial charge is 0.160 e. The number of carbonyl (C=O) groups is 4. The lowest BCUT2D eigenvalue weighted by molar-refractivity contribution is -0.123. The third-order valence-corrected chi connectivity index (χ3v) is 9.86. The van der Waals surface area contributed by atoms with Gasteiger partial charge in [0.25, 0.3) is 0 Å². The van der Waals surface area contributed by atoms with Crippen LogP contribution in [-0.4, -0.2) is 72.0 Å². The Morgan fingerprint density at radius 1 is 0.484 bits per heavy atom. The van der Waals surface area contributed by atoms with Crippen molar-refractivity contribution in [3.63, 3.8) is 0 Å². The average molecular weight is 861 g/mol. The van der Waals surface area contributed by atoms with Gasteiger partial charge >= 0.3 is 0 Å². The molecule has 12 heteroatoms. The zero-order valence-electron chi connectivity index (χ0n) is 38.2. The lowest BCUT2D eigenvalue weighted by Gasteiger charge is -2.11. The van der Waals surface area contributed by atoms with E-state index in [1.165, 1.54) is 28.4 Å². The van der Waals surface area contributed by atoms with Crippen molar-refractivity contribution >= 4 is 23.1 Å². The normalized spacial score (nSPS) is 11.1. The van der Waals surface area contributed by atoms with Crippen molar-refractivity contribution in [3.05, 3.63) is 95.1 Å². The number of hydrogen-bond donors (Lipinski definition) is 4. The first-order chi connectivity index (χ1) is 29.5. The van der Waals surface area contributed by atoms with Crippen molar-refractivity contribution in [2.24, 2.45) is 11.8 Å². The Labute approximate surface area is 367 Å². The molecule has 0 aliphatic carbocycles. The lowest BCUT2D eigenvalue weighted by Crippen LogP contribution is -2.13. The monoisotopic (exact) mass is 860 g/mol. The summed E-state index contributed by atoms with van der Waals surface area (Å²) in [6.07, 6.45) is 6.50. The van der Waals surface area contributed by atoms with Gasteiger partial charge in [-0.25, -0.2) is 0 Å². The van der Waals surface area contributed by atoms with Crippen LogP contribution in [0.1, 0.15) is 102 Å². The SMILES string of the molecule is CCC(=O)C(C)Cc1ccc(O)c(OC)c1.CCC(=O)CCc1ccc(O)c(OC)c1.CCCC(=O)C(C)Cc1ccc(O)c(OC)c1.COc1cc(CCC(C)=O)ccc1O. The first kappa shape index (κ1) is 54.0. The number of aryl methyl sites for hydroxylation is 2. The Morgan fingerprint density at radius 3 is 1.15 bits per heavy atom. The van der Waals surface area contributed by atoms with E-state index in [1.807, 2.05) is 46.8 Å². The van der Waals surface area contributed by atoms with Crippen LogP contribution in [-0.2, 0) is 44.9 Å². The Bertz CT molecular complexity index is 2000. The Balaban J connectivity index is 0.000000414. The minimum atomic E-state index is 0.0132. The maximum Gasteiger partial charge on any atom is 0.160 e. The summed E-state index contributed by atoms with van der Waals surface area (Å²) >= 11 is 0. The topological polar surface area (TPSA) is 186 Å². The van der Waals surface area contributed by atoms with Gasteiger partial charge < -0.3 is 44.2 Å². The molecule has 0 aliphatic heterocycles. The van der Waals surface area contributed by atoms with E-state index in [2.05, 4.69) is 0 Å². The van der Waals surface area contributed by atoms with E-state index >= 15 is 0 Å². The second kappa shape index (κ2) is 29.3. The largest absolute Gasteiger partial charge is 0.504 e. The first-order valence-electron chi connectivity index (χ1n) is 21.0. The van der Waals surface area contributed by atoms with Crippen molar-refractivity contribution in [1.29, 1.82) is 0 Å². The van der Waals surface area contributed by atoms with Crippen molar-refractivity contribution in [2.75, 3.05) is 28.4 Å². The number of carbonyl (C=O) groups excluding carboxylic acids is 4.